The Morgan fingerprint density at radius 1 is 1.16 bits per heavy atom. The SMILES string of the molecule is CC(C)C(NC(=O)C=Cc1ccccc1)c1nc(-c2ccco2)no1. The summed E-state index contributed by atoms with van der Waals surface area (Å²) in [5.41, 5.74) is 0.955. The molecule has 0 saturated heterocycles. The fourth-order valence-electron chi connectivity index (χ4n) is 2.32. The van der Waals surface area contributed by atoms with Gasteiger partial charge in [0.25, 0.3) is 0 Å². The van der Waals surface area contributed by atoms with Crippen LogP contribution >= 0.6 is 0 Å². The molecule has 0 aliphatic rings. The molecule has 0 bridgehead atoms. The van der Waals surface area contributed by atoms with Crippen molar-refractivity contribution in [2.24, 2.45) is 5.92 Å². The summed E-state index contributed by atoms with van der Waals surface area (Å²) < 4.78 is 10.6. The summed E-state index contributed by atoms with van der Waals surface area (Å²) in [5, 5.41) is 6.82. The highest BCUT2D eigenvalue weighted by Crippen LogP contribution is 2.23. The monoisotopic (exact) mass is 337 g/mol. The van der Waals surface area contributed by atoms with Gasteiger partial charge in [-0.25, -0.2) is 0 Å². The Morgan fingerprint density at radius 3 is 2.64 bits per heavy atom. The molecule has 1 atom stereocenters. The number of rotatable bonds is 6. The summed E-state index contributed by atoms with van der Waals surface area (Å²) in [6.07, 6.45) is 4.80. The van der Waals surface area contributed by atoms with E-state index in [1.807, 2.05) is 44.2 Å². The molecule has 0 aliphatic carbocycles. The van der Waals surface area contributed by atoms with E-state index in [1.165, 1.54) is 6.08 Å². The number of furan rings is 1. The standard InChI is InChI=1S/C19H19N3O3/c1-13(2)17(19-21-18(22-25-19)15-9-6-12-24-15)20-16(23)11-10-14-7-4-3-5-8-14/h3-13,17H,1-2H3,(H,20,23). The van der Waals surface area contributed by atoms with Crippen LogP contribution in [0.4, 0.5) is 0 Å². The van der Waals surface area contributed by atoms with Crippen molar-refractivity contribution < 1.29 is 13.7 Å². The molecular weight excluding hydrogens is 318 g/mol. The lowest BCUT2D eigenvalue weighted by Crippen LogP contribution is -2.30. The van der Waals surface area contributed by atoms with E-state index in [2.05, 4.69) is 15.5 Å². The van der Waals surface area contributed by atoms with Crippen molar-refractivity contribution in [2.45, 2.75) is 19.9 Å². The molecular formula is C19H19N3O3. The van der Waals surface area contributed by atoms with Crippen LogP contribution in [0.3, 0.4) is 0 Å². The number of hydrogen-bond donors (Lipinski definition) is 1. The molecule has 0 saturated carbocycles. The van der Waals surface area contributed by atoms with Gasteiger partial charge in [-0.05, 0) is 29.7 Å². The lowest BCUT2D eigenvalue weighted by Gasteiger charge is -2.17. The minimum Gasteiger partial charge on any atom is -0.461 e. The molecule has 3 rings (SSSR count). The third kappa shape index (κ3) is 4.23. The minimum absolute atomic E-state index is 0.0824. The van der Waals surface area contributed by atoms with Crippen LogP contribution in [0.1, 0.15) is 31.3 Å². The molecule has 1 aromatic carbocycles. The molecule has 1 unspecified atom stereocenters. The van der Waals surface area contributed by atoms with Gasteiger partial charge in [-0.2, -0.15) is 4.98 Å². The van der Waals surface area contributed by atoms with Crippen LogP contribution < -0.4 is 5.32 Å². The summed E-state index contributed by atoms with van der Waals surface area (Å²) in [4.78, 5) is 16.6. The molecule has 2 aromatic heterocycles. The second-order valence-corrected chi connectivity index (χ2v) is 5.91. The minimum atomic E-state index is -0.385. The summed E-state index contributed by atoms with van der Waals surface area (Å²) >= 11 is 0. The first kappa shape index (κ1) is 16.7. The van der Waals surface area contributed by atoms with Crippen molar-refractivity contribution in [3.8, 4) is 11.6 Å². The van der Waals surface area contributed by atoms with E-state index in [9.17, 15) is 4.79 Å². The van der Waals surface area contributed by atoms with E-state index in [0.29, 0.717) is 17.5 Å². The molecule has 3 aromatic rings. The lowest BCUT2D eigenvalue weighted by atomic mass is 10.0. The number of carbonyl (C=O) groups is 1. The van der Waals surface area contributed by atoms with Crippen LogP contribution in [0.25, 0.3) is 17.7 Å². The van der Waals surface area contributed by atoms with E-state index >= 15 is 0 Å². The Labute approximate surface area is 145 Å². The topological polar surface area (TPSA) is 81.2 Å². The Kier molecular flexibility index (Phi) is 5.09. The van der Waals surface area contributed by atoms with E-state index < -0.39 is 0 Å². The van der Waals surface area contributed by atoms with E-state index in [0.717, 1.165) is 5.56 Å². The van der Waals surface area contributed by atoms with Crippen molar-refractivity contribution >= 4 is 12.0 Å². The van der Waals surface area contributed by atoms with Crippen LogP contribution in [0.2, 0.25) is 0 Å². The van der Waals surface area contributed by atoms with Gasteiger partial charge in [0, 0.05) is 6.08 Å². The molecule has 1 N–H and O–H groups in total. The molecule has 128 valence electrons. The van der Waals surface area contributed by atoms with Crippen LogP contribution in [-0.2, 0) is 4.79 Å². The zero-order valence-electron chi connectivity index (χ0n) is 14.0. The van der Waals surface area contributed by atoms with Crippen molar-refractivity contribution in [3.05, 3.63) is 66.3 Å². The van der Waals surface area contributed by atoms with E-state index in [-0.39, 0.29) is 17.9 Å². The number of hydrogen-bond acceptors (Lipinski definition) is 5. The largest absolute Gasteiger partial charge is 0.461 e. The van der Waals surface area contributed by atoms with Gasteiger partial charge in [0.1, 0.15) is 6.04 Å². The lowest BCUT2D eigenvalue weighted by molar-refractivity contribution is -0.117. The third-order valence-electron chi connectivity index (χ3n) is 3.64. The van der Waals surface area contributed by atoms with Crippen LogP contribution in [0, 0.1) is 5.92 Å². The van der Waals surface area contributed by atoms with Crippen molar-refractivity contribution in [1.82, 2.24) is 15.5 Å². The number of benzene rings is 1. The van der Waals surface area contributed by atoms with E-state index in [1.54, 1.807) is 24.5 Å². The fourth-order valence-corrected chi connectivity index (χ4v) is 2.32. The van der Waals surface area contributed by atoms with Gasteiger partial charge < -0.3 is 14.3 Å². The van der Waals surface area contributed by atoms with Gasteiger partial charge in [0.05, 0.1) is 6.26 Å². The molecule has 2 heterocycles. The number of amides is 1. The molecule has 1 amide bonds. The zero-order valence-corrected chi connectivity index (χ0v) is 14.0. The summed E-state index contributed by atoms with van der Waals surface area (Å²) in [6.45, 7) is 3.95. The molecule has 0 fully saturated rings. The maximum atomic E-state index is 12.2. The molecule has 0 spiro atoms. The van der Waals surface area contributed by atoms with Gasteiger partial charge in [-0.1, -0.05) is 49.3 Å². The van der Waals surface area contributed by atoms with Crippen LogP contribution in [0.5, 0.6) is 0 Å². The quantitative estimate of drug-likeness (QED) is 0.691. The normalized spacial score (nSPS) is 12.6. The number of nitrogens with one attached hydrogen (secondary N) is 1. The van der Waals surface area contributed by atoms with Gasteiger partial charge in [0.2, 0.25) is 17.6 Å². The average Bonchev–Trinajstić information content (AvgIpc) is 3.29. The van der Waals surface area contributed by atoms with Crippen LogP contribution in [0.15, 0.2) is 63.7 Å². The Morgan fingerprint density at radius 2 is 1.96 bits per heavy atom. The second kappa shape index (κ2) is 7.61. The molecule has 0 radical (unpaired) electrons. The number of nitrogens with zero attached hydrogens (tertiary/aromatic N) is 2. The highest BCUT2D eigenvalue weighted by Gasteiger charge is 2.24. The van der Waals surface area contributed by atoms with Gasteiger partial charge in [-0.15, -0.1) is 0 Å². The first-order chi connectivity index (χ1) is 12.1. The Hall–Kier alpha value is -3.15. The number of carbonyl (C=O) groups excluding carboxylic acids is 1. The Bertz CT molecular complexity index is 836. The maximum Gasteiger partial charge on any atom is 0.249 e. The fraction of sp³-hybridized carbons (Fsp3) is 0.211. The molecule has 6 nitrogen and oxygen atoms in total. The average molecular weight is 337 g/mol. The van der Waals surface area contributed by atoms with Gasteiger partial charge in [-0.3, -0.25) is 4.79 Å². The summed E-state index contributed by atoms with van der Waals surface area (Å²) in [7, 11) is 0. The zero-order chi connectivity index (χ0) is 17.6. The van der Waals surface area contributed by atoms with Crippen molar-refractivity contribution in [1.29, 1.82) is 0 Å². The summed E-state index contributed by atoms with van der Waals surface area (Å²) in [6, 6.07) is 12.7. The summed E-state index contributed by atoms with van der Waals surface area (Å²) in [5.74, 6) is 1.09. The second-order valence-electron chi connectivity index (χ2n) is 5.91. The predicted octanol–water partition coefficient (Wildman–Crippen LogP) is 3.86. The Balaban J connectivity index is 1.71. The first-order valence-corrected chi connectivity index (χ1v) is 8.04. The smallest absolute Gasteiger partial charge is 0.249 e. The molecule has 6 heteroatoms. The predicted molar refractivity (Wildman–Crippen MR) is 93.2 cm³/mol. The van der Waals surface area contributed by atoms with Crippen molar-refractivity contribution in [2.75, 3.05) is 0 Å². The van der Waals surface area contributed by atoms with Crippen LogP contribution in [-0.4, -0.2) is 16.0 Å². The highest BCUT2D eigenvalue weighted by molar-refractivity contribution is 5.91. The maximum absolute atomic E-state index is 12.2. The van der Waals surface area contributed by atoms with Gasteiger partial charge >= 0.3 is 0 Å². The first-order valence-electron chi connectivity index (χ1n) is 8.04. The molecule has 25 heavy (non-hydrogen) atoms. The van der Waals surface area contributed by atoms with Gasteiger partial charge in [0.15, 0.2) is 5.76 Å². The third-order valence-corrected chi connectivity index (χ3v) is 3.64. The number of aromatic nitrogens is 2. The van der Waals surface area contributed by atoms with E-state index in [4.69, 9.17) is 8.94 Å². The highest BCUT2D eigenvalue weighted by atomic mass is 16.5. The van der Waals surface area contributed by atoms with Crippen molar-refractivity contribution in [3.63, 3.8) is 0 Å². The molecule has 0 aliphatic heterocycles.